The van der Waals surface area contributed by atoms with E-state index in [0.717, 1.165) is 38.5 Å². The third-order valence-corrected chi connectivity index (χ3v) is 7.22. The molecule has 2 fully saturated rings. The largest absolute Gasteiger partial charge is 0.494 e. The van der Waals surface area contributed by atoms with E-state index in [4.69, 9.17) is 15.5 Å². The zero-order valence-corrected chi connectivity index (χ0v) is 20.6. The van der Waals surface area contributed by atoms with Crippen LogP contribution in [0, 0.1) is 5.82 Å². The molecule has 9 heteroatoms. The van der Waals surface area contributed by atoms with Gasteiger partial charge in [0.05, 0.1) is 7.11 Å². The Balaban J connectivity index is 1.65. The summed E-state index contributed by atoms with van der Waals surface area (Å²) in [5.74, 6) is 0.927. The van der Waals surface area contributed by atoms with Gasteiger partial charge in [0.25, 0.3) is 0 Å². The van der Waals surface area contributed by atoms with Gasteiger partial charge in [0, 0.05) is 29.9 Å². The minimum atomic E-state index is -0.411. The van der Waals surface area contributed by atoms with Crippen LogP contribution in [0.25, 0.3) is 0 Å². The molecule has 2 aliphatic rings. The van der Waals surface area contributed by atoms with Crippen LogP contribution in [-0.4, -0.2) is 59.2 Å². The highest BCUT2D eigenvalue weighted by molar-refractivity contribution is 5.61. The maximum atomic E-state index is 14.7. The van der Waals surface area contributed by atoms with Gasteiger partial charge in [-0.1, -0.05) is 25.7 Å². The van der Waals surface area contributed by atoms with Crippen molar-refractivity contribution in [2.75, 3.05) is 37.2 Å². The number of halogens is 1. The van der Waals surface area contributed by atoms with Crippen molar-refractivity contribution in [3.63, 3.8) is 0 Å². The Morgan fingerprint density at radius 2 is 1.62 bits per heavy atom. The molecule has 0 bridgehead atoms. The number of methoxy groups -OCH3 is 1. The smallest absolute Gasteiger partial charge is 0.236 e. The average molecular weight is 472 g/mol. The summed E-state index contributed by atoms with van der Waals surface area (Å²) in [4.78, 5) is 18.0. The van der Waals surface area contributed by atoms with Gasteiger partial charge < -0.3 is 25.6 Å². The number of aromatic nitrogens is 3. The second-order valence-electron chi connectivity index (χ2n) is 9.76. The standard InChI is InChI=1S/C25H38FN7O/c1-32(2)18-10-12-19(13-11-18)33(20-14-15-22(34-3)21(26)16-20)25-30-23(27)29-24(31-25)28-17-8-6-4-5-7-9-17/h14-19H,4-13H2,1-3H3,(H3,27,28,29,30,31). The Kier molecular flexibility index (Phi) is 8.03. The zero-order valence-electron chi connectivity index (χ0n) is 20.6. The molecule has 0 radical (unpaired) electrons. The van der Waals surface area contributed by atoms with Gasteiger partial charge in [-0.2, -0.15) is 15.0 Å². The summed E-state index contributed by atoms with van der Waals surface area (Å²) in [6.07, 6.45) is 11.2. The van der Waals surface area contributed by atoms with Crippen LogP contribution < -0.4 is 20.7 Å². The number of hydrogen-bond donors (Lipinski definition) is 2. The monoisotopic (exact) mass is 471 g/mol. The zero-order chi connectivity index (χ0) is 24.1. The topological polar surface area (TPSA) is 92.4 Å². The second kappa shape index (κ2) is 11.2. The molecule has 1 heterocycles. The van der Waals surface area contributed by atoms with E-state index >= 15 is 0 Å². The van der Waals surface area contributed by atoms with Gasteiger partial charge in [0.15, 0.2) is 11.6 Å². The fourth-order valence-corrected chi connectivity index (χ4v) is 5.29. The van der Waals surface area contributed by atoms with Gasteiger partial charge in [0.2, 0.25) is 17.8 Å². The number of anilines is 4. The van der Waals surface area contributed by atoms with Gasteiger partial charge >= 0.3 is 0 Å². The predicted octanol–water partition coefficient (Wildman–Crippen LogP) is 4.75. The number of nitrogen functional groups attached to an aromatic ring is 1. The lowest BCUT2D eigenvalue weighted by atomic mass is 9.89. The molecule has 186 valence electrons. The van der Waals surface area contributed by atoms with E-state index in [0.29, 0.717) is 29.7 Å². The van der Waals surface area contributed by atoms with E-state index < -0.39 is 5.82 Å². The lowest BCUT2D eigenvalue weighted by Crippen LogP contribution is -2.41. The van der Waals surface area contributed by atoms with E-state index in [1.165, 1.54) is 38.9 Å². The Morgan fingerprint density at radius 1 is 0.941 bits per heavy atom. The van der Waals surface area contributed by atoms with Gasteiger partial charge in [-0.15, -0.1) is 0 Å². The third kappa shape index (κ3) is 5.87. The van der Waals surface area contributed by atoms with Crippen LogP contribution in [0.1, 0.15) is 64.2 Å². The fourth-order valence-electron chi connectivity index (χ4n) is 5.29. The van der Waals surface area contributed by atoms with Crippen molar-refractivity contribution in [2.45, 2.75) is 82.3 Å². The van der Waals surface area contributed by atoms with Gasteiger partial charge in [-0.3, -0.25) is 0 Å². The number of rotatable bonds is 7. The first kappa shape index (κ1) is 24.4. The van der Waals surface area contributed by atoms with Crippen LogP contribution in [0.5, 0.6) is 5.75 Å². The summed E-state index contributed by atoms with van der Waals surface area (Å²) in [6, 6.07) is 6.02. The van der Waals surface area contributed by atoms with E-state index in [1.807, 2.05) is 11.0 Å². The first-order valence-electron chi connectivity index (χ1n) is 12.5. The minimum Gasteiger partial charge on any atom is -0.494 e. The highest BCUT2D eigenvalue weighted by Crippen LogP contribution is 2.36. The van der Waals surface area contributed by atoms with Crippen LogP contribution in [0.3, 0.4) is 0 Å². The van der Waals surface area contributed by atoms with Crippen molar-refractivity contribution in [3.8, 4) is 5.75 Å². The summed E-state index contributed by atoms with van der Waals surface area (Å²) in [5, 5.41) is 3.49. The molecule has 0 aliphatic heterocycles. The molecule has 0 amide bonds. The molecule has 8 nitrogen and oxygen atoms in total. The van der Waals surface area contributed by atoms with Crippen LogP contribution in [0.15, 0.2) is 18.2 Å². The summed E-state index contributed by atoms with van der Waals surface area (Å²) >= 11 is 0. The first-order chi connectivity index (χ1) is 16.4. The number of nitrogens with zero attached hydrogens (tertiary/aromatic N) is 5. The molecule has 0 saturated heterocycles. The Bertz CT molecular complexity index is 941. The second-order valence-corrected chi connectivity index (χ2v) is 9.76. The summed E-state index contributed by atoms with van der Waals surface area (Å²) < 4.78 is 19.9. The summed E-state index contributed by atoms with van der Waals surface area (Å²) in [7, 11) is 5.72. The molecule has 2 aliphatic carbocycles. The first-order valence-corrected chi connectivity index (χ1v) is 12.5. The molecule has 34 heavy (non-hydrogen) atoms. The SMILES string of the molecule is COc1ccc(N(c2nc(N)nc(NC3CCCCCC3)n2)C2CCC(N(C)C)CC2)cc1F. The maximum absolute atomic E-state index is 14.7. The molecule has 1 aromatic heterocycles. The number of nitrogens with one attached hydrogen (secondary N) is 1. The summed E-state index contributed by atoms with van der Waals surface area (Å²) in [6.45, 7) is 0. The Hall–Kier alpha value is -2.68. The van der Waals surface area contributed by atoms with Gasteiger partial charge in [-0.25, -0.2) is 4.39 Å². The Labute approximate surface area is 202 Å². The highest BCUT2D eigenvalue weighted by Gasteiger charge is 2.30. The van der Waals surface area contributed by atoms with Crippen molar-refractivity contribution in [1.82, 2.24) is 19.9 Å². The van der Waals surface area contributed by atoms with Crippen LogP contribution in [0.4, 0.5) is 27.9 Å². The van der Waals surface area contributed by atoms with E-state index in [-0.39, 0.29) is 17.7 Å². The van der Waals surface area contributed by atoms with Crippen molar-refractivity contribution in [2.24, 2.45) is 0 Å². The normalized spacial score (nSPS) is 21.8. The van der Waals surface area contributed by atoms with Crippen LogP contribution >= 0.6 is 0 Å². The fraction of sp³-hybridized carbons (Fsp3) is 0.640. The molecule has 1 aromatic carbocycles. The summed E-state index contributed by atoms with van der Waals surface area (Å²) in [5.41, 5.74) is 6.84. The van der Waals surface area contributed by atoms with Crippen LogP contribution in [0.2, 0.25) is 0 Å². The van der Waals surface area contributed by atoms with Gasteiger partial charge in [-0.05, 0) is 64.8 Å². The number of nitrogens with two attached hydrogens (primary N) is 1. The average Bonchev–Trinajstić information content (AvgIpc) is 3.08. The number of benzene rings is 1. The van der Waals surface area contributed by atoms with Gasteiger partial charge in [0.1, 0.15) is 0 Å². The van der Waals surface area contributed by atoms with Crippen LogP contribution in [-0.2, 0) is 0 Å². The lowest BCUT2D eigenvalue weighted by molar-refractivity contribution is 0.216. The molecular weight excluding hydrogens is 433 g/mol. The maximum Gasteiger partial charge on any atom is 0.236 e. The quantitative estimate of drug-likeness (QED) is 0.559. The molecule has 3 N–H and O–H groups in total. The predicted molar refractivity (Wildman–Crippen MR) is 134 cm³/mol. The van der Waals surface area contributed by atoms with Crippen molar-refractivity contribution < 1.29 is 9.13 Å². The van der Waals surface area contributed by atoms with E-state index in [2.05, 4.69) is 34.3 Å². The molecule has 0 unspecified atom stereocenters. The van der Waals surface area contributed by atoms with Crippen molar-refractivity contribution in [1.29, 1.82) is 0 Å². The van der Waals surface area contributed by atoms with E-state index in [9.17, 15) is 4.39 Å². The third-order valence-electron chi connectivity index (χ3n) is 7.22. The molecule has 0 spiro atoms. The highest BCUT2D eigenvalue weighted by atomic mass is 19.1. The Morgan fingerprint density at radius 3 is 2.24 bits per heavy atom. The molecular formula is C25H38FN7O. The molecule has 4 rings (SSSR count). The van der Waals surface area contributed by atoms with E-state index in [1.54, 1.807) is 6.07 Å². The number of ether oxygens (including phenoxy) is 1. The lowest BCUT2D eigenvalue weighted by Gasteiger charge is -2.39. The number of hydrogen-bond acceptors (Lipinski definition) is 8. The molecule has 2 saturated carbocycles. The van der Waals surface area contributed by atoms with Crippen molar-refractivity contribution >= 4 is 23.5 Å². The van der Waals surface area contributed by atoms with Crippen molar-refractivity contribution in [3.05, 3.63) is 24.0 Å². The molecule has 2 aromatic rings. The molecule has 0 atom stereocenters. The minimum absolute atomic E-state index is 0.136.